The van der Waals surface area contributed by atoms with Crippen molar-refractivity contribution in [3.8, 4) is 0 Å². The maximum Gasteiger partial charge on any atom is 0.245 e. The first-order chi connectivity index (χ1) is 6.33. The van der Waals surface area contributed by atoms with Gasteiger partial charge in [-0.2, -0.15) is 0 Å². The molecule has 0 unspecified atom stereocenters. The predicted octanol–water partition coefficient (Wildman–Crippen LogP) is -0.618. The van der Waals surface area contributed by atoms with E-state index < -0.39 is 6.61 Å². The van der Waals surface area contributed by atoms with E-state index in [4.69, 9.17) is 5.11 Å². The van der Waals surface area contributed by atoms with E-state index in [1.54, 1.807) is 12.5 Å². The van der Waals surface area contributed by atoms with Gasteiger partial charge in [0.2, 0.25) is 5.91 Å². The van der Waals surface area contributed by atoms with Gasteiger partial charge in [-0.3, -0.25) is 4.79 Å². The number of hydrogen-bond donors (Lipinski definition) is 2. The summed E-state index contributed by atoms with van der Waals surface area (Å²) in [7, 11) is 0. The first-order valence-corrected chi connectivity index (χ1v) is 4.16. The van der Waals surface area contributed by atoms with Gasteiger partial charge in [0, 0.05) is 25.5 Å². The van der Waals surface area contributed by atoms with E-state index in [0.29, 0.717) is 6.54 Å². The maximum absolute atomic E-state index is 10.6. The van der Waals surface area contributed by atoms with Crippen LogP contribution in [-0.2, 0) is 11.3 Å². The Morgan fingerprint density at radius 1 is 1.62 bits per heavy atom. The van der Waals surface area contributed by atoms with Crippen molar-refractivity contribution in [1.29, 1.82) is 0 Å². The van der Waals surface area contributed by atoms with Crippen LogP contribution in [0.5, 0.6) is 0 Å². The lowest BCUT2D eigenvalue weighted by molar-refractivity contribution is -0.123. The number of aryl methyl sites for hydroxylation is 1. The third kappa shape index (κ3) is 3.71. The molecule has 0 aromatic carbocycles. The highest BCUT2D eigenvalue weighted by Crippen LogP contribution is 1.88. The zero-order valence-corrected chi connectivity index (χ0v) is 7.31. The van der Waals surface area contributed by atoms with Crippen LogP contribution < -0.4 is 5.32 Å². The molecule has 0 aliphatic heterocycles. The third-order valence-electron chi connectivity index (χ3n) is 1.62. The number of nitrogens with zero attached hydrogens (tertiary/aromatic N) is 2. The predicted molar refractivity (Wildman–Crippen MR) is 46.9 cm³/mol. The second kappa shape index (κ2) is 5.31. The average Bonchev–Trinajstić information content (AvgIpc) is 2.64. The second-order valence-corrected chi connectivity index (χ2v) is 2.66. The molecule has 0 aliphatic rings. The summed E-state index contributed by atoms with van der Waals surface area (Å²) >= 11 is 0. The molecule has 0 spiro atoms. The molecule has 1 aromatic rings. The van der Waals surface area contributed by atoms with E-state index in [-0.39, 0.29) is 5.91 Å². The van der Waals surface area contributed by atoms with Crippen LogP contribution in [0.2, 0.25) is 0 Å². The standard InChI is InChI=1S/C8H13N3O2/c12-6-8(13)10-2-1-4-11-5-3-9-7-11/h3,5,7,12H,1-2,4,6H2,(H,10,13). The number of hydrogen-bond acceptors (Lipinski definition) is 3. The van der Waals surface area contributed by atoms with Crippen LogP contribution in [-0.4, -0.2) is 33.7 Å². The van der Waals surface area contributed by atoms with Crippen molar-refractivity contribution in [3.05, 3.63) is 18.7 Å². The van der Waals surface area contributed by atoms with Gasteiger partial charge in [-0.25, -0.2) is 4.98 Å². The molecule has 0 radical (unpaired) electrons. The molecule has 0 atom stereocenters. The normalized spacial score (nSPS) is 9.92. The molecular formula is C8H13N3O2. The van der Waals surface area contributed by atoms with Crippen molar-refractivity contribution < 1.29 is 9.90 Å². The Labute approximate surface area is 76.4 Å². The van der Waals surface area contributed by atoms with Crippen molar-refractivity contribution in [3.63, 3.8) is 0 Å². The zero-order chi connectivity index (χ0) is 9.52. The van der Waals surface area contributed by atoms with Crippen LogP contribution in [0.4, 0.5) is 0 Å². The highest BCUT2D eigenvalue weighted by Gasteiger charge is 1.95. The van der Waals surface area contributed by atoms with Crippen LogP contribution in [0.3, 0.4) is 0 Å². The topological polar surface area (TPSA) is 67.2 Å². The van der Waals surface area contributed by atoms with Gasteiger partial charge < -0.3 is 15.0 Å². The lowest BCUT2D eigenvalue weighted by Gasteiger charge is -2.03. The van der Waals surface area contributed by atoms with E-state index in [2.05, 4.69) is 10.3 Å². The number of amides is 1. The van der Waals surface area contributed by atoms with E-state index in [1.807, 2.05) is 10.8 Å². The number of carbonyl (C=O) groups excluding carboxylic acids is 1. The molecule has 1 rings (SSSR count). The monoisotopic (exact) mass is 183 g/mol. The fourth-order valence-electron chi connectivity index (χ4n) is 0.964. The summed E-state index contributed by atoms with van der Waals surface area (Å²) in [6, 6.07) is 0. The van der Waals surface area contributed by atoms with Gasteiger partial charge in [-0.15, -0.1) is 0 Å². The van der Waals surface area contributed by atoms with Crippen molar-refractivity contribution >= 4 is 5.91 Å². The molecule has 0 aliphatic carbocycles. The Morgan fingerprint density at radius 3 is 3.08 bits per heavy atom. The van der Waals surface area contributed by atoms with Crippen LogP contribution in [0, 0.1) is 0 Å². The highest BCUT2D eigenvalue weighted by molar-refractivity contribution is 5.76. The van der Waals surface area contributed by atoms with Crippen molar-refractivity contribution in [2.24, 2.45) is 0 Å². The van der Waals surface area contributed by atoms with Gasteiger partial charge in [-0.05, 0) is 6.42 Å². The number of aromatic nitrogens is 2. The minimum Gasteiger partial charge on any atom is -0.387 e. The van der Waals surface area contributed by atoms with Crippen LogP contribution in [0.15, 0.2) is 18.7 Å². The van der Waals surface area contributed by atoms with Gasteiger partial charge in [-0.1, -0.05) is 0 Å². The van der Waals surface area contributed by atoms with Gasteiger partial charge in [0.1, 0.15) is 6.61 Å². The Balaban J connectivity index is 2.05. The quantitative estimate of drug-likeness (QED) is 0.598. The molecule has 5 nitrogen and oxygen atoms in total. The summed E-state index contributed by atoms with van der Waals surface area (Å²) in [6.45, 7) is 0.967. The summed E-state index contributed by atoms with van der Waals surface area (Å²) in [6.07, 6.45) is 6.15. The zero-order valence-electron chi connectivity index (χ0n) is 7.31. The van der Waals surface area contributed by atoms with Gasteiger partial charge in [0.25, 0.3) is 0 Å². The van der Waals surface area contributed by atoms with Crippen LogP contribution >= 0.6 is 0 Å². The van der Waals surface area contributed by atoms with Crippen molar-refractivity contribution in [1.82, 2.24) is 14.9 Å². The molecule has 13 heavy (non-hydrogen) atoms. The first-order valence-electron chi connectivity index (χ1n) is 4.16. The second-order valence-electron chi connectivity index (χ2n) is 2.66. The smallest absolute Gasteiger partial charge is 0.245 e. The molecule has 1 aromatic heterocycles. The molecule has 0 saturated carbocycles. The number of rotatable bonds is 5. The molecule has 1 amide bonds. The SMILES string of the molecule is O=C(CO)NCCCn1ccnc1. The van der Waals surface area contributed by atoms with Crippen molar-refractivity contribution in [2.45, 2.75) is 13.0 Å². The molecule has 5 heteroatoms. The molecular weight excluding hydrogens is 170 g/mol. The molecule has 72 valence electrons. The minimum absolute atomic E-state index is 0.328. The van der Waals surface area contributed by atoms with Gasteiger partial charge in [0.15, 0.2) is 0 Å². The summed E-state index contributed by atoms with van der Waals surface area (Å²) < 4.78 is 1.94. The lowest BCUT2D eigenvalue weighted by atomic mass is 10.4. The summed E-state index contributed by atoms with van der Waals surface area (Å²) in [4.78, 5) is 14.5. The summed E-state index contributed by atoms with van der Waals surface area (Å²) in [5.41, 5.74) is 0. The van der Waals surface area contributed by atoms with Gasteiger partial charge >= 0.3 is 0 Å². The number of carbonyl (C=O) groups is 1. The number of nitrogens with one attached hydrogen (secondary N) is 1. The molecule has 2 N–H and O–H groups in total. The highest BCUT2D eigenvalue weighted by atomic mass is 16.3. The maximum atomic E-state index is 10.6. The number of aliphatic hydroxyl groups is 1. The Morgan fingerprint density at radius 2 is 2.46 bits per heavy atom. The first kappa shape index (κ1) is 9.73. The molecule has 0 fully saturated rings. The van der Waals surface area contributed by atoms with E-state index in [1.165, 1.54) is 0 Å². The van der Waals surface area contributed by atoms with E-state index in [0.717, 1.165) is 13.0 Å². The minimum atomic E-state index is -0.439. The Kier molecular flexibility index (Phi) is 3.98. The van der Waals surface area contributed by atoms with Crippen LogP contribution in [0.1, 0.15) is 6.42 Å². The Hall–Kier alpha value is -1.36. The van der Waals surface area contributed by atoms with Gasteiger partial charge in [0.05, 0.1) is 6.33 Å². The number of aliphatic hydroxyl groups excluding tert-OH is 1. The van der Waals surface area contributed by atoms with E-state index >= 15 is 0 Å². The number of imidazole rings is 1. The van der Waals surface area contributed by atoms with Crippen LogP contribution in [0.25, 0.3) is 0 Å². The summed E-state index contributed by atoms with van der Waals surface area (Å²) in [5.74, 6) is -0.328. The fourth-order valence-corrected chi connectivity index (χ4v) is 0.964. The third-order valence-corrected chi connectivity index (χ3v) is 1.62. The molecule has 0 bridgehead atoms. The fraction of sp³-hybridized carbons (Fsp3) is 0.500. The molecule has 0 saturated heterocycles. The lowest BCUT2D eigenvalue weighted by Crippen LogP contribution is -2.27. The van der Waals surface area contributed by atoms with Crippen molar-refractivity contribution in [2.75, 3.05) is 13.2 Å². The Bertz CT molecular complexity index is 246. The molecule has 1 heterocycles. The van der Waals surface area contributed by atoms with E-state index in [9.17, 15) is 4.79 Å². The largest absolute Gasteiger partial charge is 0.387 e. The summed E-state index contributed by atoms with van der Waals surface area (Å²) in [5, 5.41) is 11.0. The average molecular weight is 183 g/mol.